The molecule has 10 nitrogen and oxygen atoms in total. The van der Waals surface area contributed by atoms with Crippen LogP contribution in [0.25, 0.3) is 0 Å². The summed E-state index contributed by atoms with van der Waals surface area (Å²) in [6.07, 6.45) is 50.1. The van der Waals surface area contributed by atoms with Gasteiger partial charge in [-0.3, -0.25) is 18.6 Å². The molecular formula is C47H86NO9P. The van der Waals surface area contributed by atoms with Crippen molar-refractivity contribution in [3.63, 3.8) is 0 Å². The summed E-state index contributed by atoms with van der Waals surface area (Å²) in [6.45, 7) is 3.83. The van der Waals surface area contributed by atoms with Crippen molar-refractivity contribution >= 4 is 19.8 Å². The number of ether oxygens (including phenoxy) is 2. The van der Waals surface area contributed by atoms with Crippen LogP contribution in [0.3, 0.4) is 0 Å². The van der Waals surface area contributed by atoms with Crippen LogP contribution in [0.1, 0.15) is 200 Å². The van der Waals surface area contributed by atoms with Gasteiger partial charge in [-0.25, -0.2) is 4.57 Å². The summed E-state index contributed by atoms with van der Waals surface area (Å²) in [5.41, 5.74) is 5.36. The van der Waals surface area contributed by atoms with Crippen LogP contribution in [0.5, 0.6) is 0 Å². The van der Waals surface area contributed by atoms with Crippen molar-refractivity contribution in [3.05, 3.63) is 48.6 Å². The van der Waals surface area contributed by atoms with Crippen molar-refractivity contribution in [1.29, 1.82) is 0 Å². The number of phosphoric ester groups is 1. The van der Waals surface area contributed by atoms with Gasteiger partial charge < -0.3 is 25.2 Å². The van der Waals surface area contributed by atoms with Gasteiger partial charge in [0, 0.05) is 13.0 Å². The lowest BCUT2D eigenvalue weighted by molar-refractivity contribution is -0.154. The molecule has 0 aromatic carbocycles. The summed E-state index contributed by atoms with van der Waals surface area (Å²) in [7, 11) is -4.62. The summed E-state index contributed by atoms with van der Waals surface area (Å²) < 4.78 is 33.4. The number of phosphoric acid groups is 1. The molecule has 0 spiro atoms. The summed E-state index contributed by atoms with van der Waals surface area (Å²) in [5.74, 6) is -1.79. The standard InChI is InChI=1S/C47H86NO9P/c1-3-5-7-9-11-13-15-17-19-21-22-24-26-28-30-32-34-36-38-40-54-41-44(42-55-58(52,53)56-43-45(48)47(50)51)57-46(49)39-37-35-33-31-29-27-25-23-20-18-16-14-12-10-8-6-4-2/h12-15,18-21,44-45H,3-11,16-17,22-43,48H2,1-2H3,(H,50,51)(H,52,53)/b14-12-,15-13-,20-18-,21-19-. The molecule has 0 rings (SSSR count). The second-order valence-corrected chi connectivity index (χ2v) is 17.0. The number of esters is 1. The normalized spacial score (nSPS) is 14.3. The van der Waals surface area contributed by atoms with Gasteiger partial charge in [-0.1, -0.05) is 165 Å². The average Bonchev–Trinajstić information content (AvgIpc) is 3.20. The Hall–Kier alpha value is -2.07. The van der Waals surface area contributed by atoms with E-state index in [-0.39, 0.29) is 13.0 Å². The highest BCUT2D eigenvalue weighted by Crippen LogP contribution is 2.43. The van der Waals surface area contributed by atoms with E-state index < -0.39 is 45.1 Å². The van der Waals surface area contributed by atoms with Gasteiger partial charge in [0.2, 0.25) is 0 Å². The summed E-state index contributed by atoms with van der Waals surface area (Å²) in [4.78, 5) is 33.6. The monoisotopic (exact) mass is 840 g/mol. The van der Waals surface area contributed by atoms with Gasteiger partial charge in [0.25, 0.3) is 0 Å². The molecule has 0 aliphatic rings. The second kappa shape index (κ2) is 43.0. The van der Waals surface area contributed by atoms with Crippen molar-refractivity contribution in [2.75, 3.05) is 26.4 Å². The van der Waals surface area contributed by atoms with Gasteiger partial charge >= 0.3 is 19.8 Å². The van der Waals surface area contributed by atoms with Crippen molar-refractivity contribution < 1.29 is 42.7 Å². The number of nitrogens with two attached hydrogens (primary N) is 1. The van der Waals surface area contributed by atoms with Gasteiger partial charge in [-0.05, 0) is 77.0 Å². The number of allylic oxidation sites excluding steroid dienone is 8. The van der Waals surface area contributed by atoms with Crippen LogP contribution in [0.15, 0.2) is 48.6 Å². The lowest BCUT2D eigenvalue weighted by Gasteiger charge is -2.20. The average molecular weight is 840 g/mol. The molecule has 58 heavy (non-hydrogen) atoms. The van der Waals surface area contributed by atoms with Gasteiger partial charge in [-0.2, -0.15) is 0 Å². The molecule has 3 atom stereocenters. The molecule has 3 unspecified atom stereocenters. The zero-order chi connectivity index (χ0) is 42.6. The number of carbonyl (C=O) groups is 2. The molecule has 0 aromatic rings. The number of carboxylic acid groups (broad SMARTS) is 1. The smallest absolute Gasteiger partial charge is 0.472 e. The van der Waals surface area contributed by atoms with Crippen LogP contribution in [0, 0.1) is 0 Å². The number of hydrogen-bond donors (Lipinski definition) is 3. The lowest BCUT2D eigenvalue weighted by atomic mass is 10.1. The van der Waals surface area contributed by atoms with E-state index in [4.69, 9.17) is 29.4 Å². The first kappa shape index (κ1) is 55.9. The van der Waals surface area contributed by atoms with E-state index in [1.54, 1.807) is 0 Å². The maximum absolute atomic E-state index is 12.7. The second-order valence-electron chi connectivity index (χ2n) is 15.5. The molecule has 0 aromatic heterocycles. The zero-order valence-corrected chi connectivity index (χ0v) is 37.8. The molecule has 338 valence electrons. The molecule has 0 aliphatic heterocycles. The quantitative estimate of drug-likeness (QED) is 0.0234. The van der Waals surface area contributed by atoms with Crippen LogP contribution < -0.4 is 5.73 Å². The number of unbranched alkanes of at least 4 members (excludes halogenated alkanes) is 22. The molecular weight excluding hydrogens is 753 g/mol. The van der Waals surface area contributed by atoms with Crippen LogP contribution in [0.2, 0.25) is 0 Å². The van der Waals surface area contributed by atoms with E-state index in [0.717, 1.165) is 64.2 Å². The molecule has 0 radical (unpaired) electrons. The van der Waals surface area contributed by atoms with Crippen LogP contribution >= 0.6 is 7.82 Å². The van der Waals surface area contributed by atoms with E-state index in [1.807, 2.05) is 0 Å². The fourth-order valence-electron chi connectivity index (χ4n) is 6.19. The number of hydrogen-bond acceptors (Lipinski definition) is 8. The topological polar surface area (TPSA) is 155 Å². The molecule has 0 saturated carbocycles. The fraction of sp³-hybridized carbons (Fsp3) is 0.787. The first-order valence-electron chi connectivity index (χ1n) is 23.2. The predicted octanol–water partition coefficient (Wildman–Crippen LogP) is 13.0. The Bertz CT molecular complexity index is 1110. The largest absolute Gasteiger partial charge is 0.480 e. The molecule has 11 heteroatoms. The van der Waals surface area contributed by atoms with E-state index in [9.17, 15) is 19.0 Å². The number of carboxylic acids is 1. The molecule has 0 amide bonds. The molecule has 0 aliphatic carbocycles. The van der Waals surface area contributed by atoms with Crippen LogP contribution in [-0.4, -0.2) is 60.5 Å². The SMILES string of the molecule is CCCCC/C=C\C/C=C\CCCCCCCCCC(=O)OC(COCCCCCCCCCC/C=C\C/C=C\CCCCCC)COP(=O)(O)OCC(N)C(=O)O. The van der Waals surface area contributed by atoms with Crippen molar-refractivity contribution in [3.8, 4) is 0 Å². The van der Waals surface area contributed by atoms with Crippen molar-refractivity contribution in [1.82, 2.24) is 0 Å². The Morgan fingerprint density at radius 1 is 0.552 bits per heavy atom. The molecule has 4 N–H and O–H groups in total. The highest BCUT2D eigenvalue weighted by molar-refractivity contribution is 7.47. The number of rotatable bonds is 44. The first-order chi connectivity index (χ1) is 28.2. The highest BCUT2D eigenvalue weighted by Gasteiger charge is 2.27. The molecule has 0 bridgehead atoms. The van der Waals surface area contributed by atoms with Crippen molar-refractivity contribution in [2.24, 2.45) is 5.73 Å². The first-order valence-corrected chi connectivity index (χ1v) is 24.7. The third-order valence-corrected chi connectivity index (χ3v) is 10.8. The van der Waals surface area contributed by atoms with Crippen LogP contribution in [-0.2, 0) is 32.7 Å². The maximum Gasteiger partial charge on any atom is 0.472 e. The Balaban J connectivity index is 4.23. The predicted molar refractivity (Wildman–Crippen MR) is 240 cm³/mol. The van der Waals surface area contributed by atoms with E-state index in [1.165, 1.54) is 109 Å². The van der Waals surface area contributed by atoms with Gasteiger partial charge in [0.15, 0.2) is 0 Å². The van der Waals surface area contributed by atoms with Crippen LogP contribution in [0.4, 0.5) is 0 Å². The number of aliphatic carboxylic acids is 1. The Labute approximate surface area is 354 Å². The number of carbonyl (C=O) groups excluding carboxylic acids is 1. The van der Waals surface area contributed by atoms with E-state index >= 15 is 0 Å². The van der Waals surface area contributed by atoms with Gasteiger partial charge in [0.1, 0.15) is 12.1 Å². The summed E-state index contributed by atoms with van der Waals surface area (Å²) in [5, 5.41) is 8.91. The lowest BCUT2D eigenvalue weighted by Crippen LogP contribution is -2.34. The molecule has 0 heterocycles. The minimum absolute atomic E-state index is 0.00902. The molecule has 0 saturated heterocycles. The Morgan fingerprint density at radius 2 is 0.948 bits per heavy atom. The summed E-state index contributed by atoms with van der Waals surface area (Å²) in [6, 6.07) is -1.48. The zero-order valence-electron chi connectivity index (χ0n) is 36.9. The van der Waals surface area contributed by atoms with Gasteiger partial charge in [0.05, 0.1) is 19.8 Å². The summed E-state index contributed by atoms with van der Waals surface area (Å²) >= 11 is 0. The highest BCUT2D eigenvalue weighted by atomic mass is 31.2. The maximum atomic E-state index is 12.7. The fourth-order valence-corrected chi connectivity index (χ4v) is 6.97. The Morgan fingerprint density at radius 3 is 1.43 bits per heavy atom. The van der Waals surface area contributed by atoms with E-state index in [2.05, 4.69) is 62.5 Å². The van der Waals surface area contributed by atoms with E-state index in [0.29, 0.717) is 13.0 Å². The Kier molecular flexibility index (Phi) is 41.5. The van der Waals surface area contributed by atoms with Crippen molar-refractivity contribution in [2.45, 2.75) is 212 Å². The minimum atomic E-state index is -4.62. The minimum Gasteiger partial charge on any atom is -0.480 e. The van der Waals surface area contributed by atoms with Gasteiger partial charge in [-0.15, -0.1) is 0 Å². The molecule has 0 fully saturated rings. The third kappa shape index (κ3) is 42.1. The third-order valence-electron chi connectivity index (χ3n) is 9.83.